The van der Waals surface area contributed by atoms with Crippen LogP contribution in [0.25, 0.3) is 0 Å². The molecule has 6 heavy (non-hydrogen) atoms. The average Bonchev–Trinajstić information content (AvgIpc) is 1.41. The van der Waals surface area contributed by atoms with Crippen molar-refractivity contribution in [2.24, 2.45) is 0 Å². The molecular formula is C4H8HoS-2. The Morgan fingerprint density at radius 1 is 1.50 bits per heavy atom. The zero-order valence-corrected chi connectivity index (χ0v) is 6.29. The Bertz CT molecular complexity index is 15.0. The van der Waals surface area contributed by atoms with E-state index in [9.17, 15) is 0 Å². The molecule has 0 aromatic heterocycles. The van der Waals surface area contributed by atoms with Crippen molar-refractivity contribution in [3.63, 3.8) is 0 Å². The fraction of sp³-hybridized carbons (Fsp3) is 0.750. The van der Waals surface area contributed by atoms with Crippen LogP contribution in [0.15, 0.2) is 0 Å². The van der Waals surface area contributed by atoms with Gasteiger partial charge in [-0.2, -0.15) is 12.2 Å². The van der Waals surface area contributed by atoms with Gasteiger partial charge in [-0.15, -0.1) is 6.42 Å². The summed E-state index contributed by atoms with van der Waals surface area (Å²) < 4.78 is 0. The van der Waals surface area contributed by atoms with Crippen LogP contribution >= 0.6 is 0 Å². The number of hydrogen-bond donors (Lipinski definition) is 0. The molecule has 0 nitrogen and oxygen atoms in total. The second kappa shape index (κ2) is 9.79. The first-order valence-electron chi connectivity index (χ1n) is 1.79. The molecule has 2 heteroatoms. The van der Waals surface area contributed by atoms with Crippen molar-refractivity contribution in [3.8, 4) is 0 Å². The molecule has 0 unspecified atom stereocenters. The molecule has 0 N–H and O–H groups in total. The Morgan fingerprint density at radius 2 is 2.00 bits per heavy atom. The van der Waals surface area contributed by atoms with Crippen molar-refractivity contribution in [1.82, 2.24) is 0 Å². The number of unbranched alkanes of at least 4 members (excludes halogenated alkanes) is 1. The molecule has 0 heterocycles. The number of hydrogen-bond acceptors (Lipinski definition) is 1. The van der Waals surface area contributed by atoms with E-state index in [4.69, 9.17) is 0 Å². The Labute approximate surface area is 75.1 Å². The molecular weight excluding hydrogens is 245 g/mol. The van der Waals surface area contributed by atoms with Crippen molar-refractivity contribution >= 4 is 12.6 Å². The Morgan fingerprint density at radius 3 is 2.00 bits per heavy atom. The minimum atomic E-state index is 0. The molecule has 0 amide bonds. The standard InChI is InChI=1S/C4H9S.Ho/c1-2-3-4-5;/h5H,1-4H2;/q-1;/p-1. The van der Waals surface area contributed by atoms with Gasteiger partial charge < -0.3 is 19.6 Å². The van der Waals surface area contributed by atoms with Gasteiger partial charge in [0.05, 0.1) is 0 Å². The van der Waals surface area contributed by atoms with E-state index in [0.717, 1.165) is 18.6 Å². The molecule has 0 saturated heterocycles. The fourth-order valence-electron chi connectivity index (χ4n) is 0.102. The Balaban J connectivity index is 0. The van der Waals surface area contributed by atoms with Crippen LogP contribution in [0.1, 0.15) is 12.8 Å². The normalized spacial score (nSPS) is 7.00. The Kier molecular flexibility index (Phi) is 17.2. The second-order valence-electron chi connectivity index (χ2n) is 0.911. The summed E-state index contributed by atoms with van der Waals surface area (Å²) in [6, 6.07) is 0. The minimum absolute atomic E-state index is 0. The smallest absolute Gasteiger partial charge is 0 e. The molecule has 0 aliphatic carbocycles. The van der Waals surface area contributed by atoms with Gasteiger partial charge in [0.25, 0.3) is 0 Å². The largest absolute Gasteiger partial charge is 0.793 e. The summed E-state index contributed by atoms with van der Waals surface area (Å²) in [6.45, 7) is 3.61. The zero-order valence-electron chi connectivity index (χ0n) is 3.54. The Hall–Kier alpha value is 1.61. The van der Waals surface area contributed by atoms with Crippen molar-refractivity contribution in [3.05, 3.63) is 6.92 Å². The quantitative estimate of drug-likeness (QED) is 0.404. The summed E-state index contributed by atoms with van der Waals surface area (Å²) in [7, 11) is 0. The summed E-state index contributed by atoms with van der Waals surface area (Å²) >= 11 is 4.61. The zero-order chi connectivity index (χ0) is 4.12. The first-order chi connectivity index (χ1) is 2.41. The van der Waals surface area contributed by atoms with Gasteiger partial charge in [0.15, 0.2) is 0 Å². The third-order valence-electron chi connectivity index (χ3n) is 0.394. The van der Waals surface area contributed by atoms with E-state index in [0.29, 0.717) is 0 Å². The summed E-state index contributed by atoms with van der Waals surface area (Å²) in [5.74, 6) is 0.865. The first-order valence-corrected chi connectivity index (χ1v) is 2.37. The van der Waals surface area contributed by atoms with Crippen LogP contribution in [0.3, 0.4) is 0 Å². The van der Waals surface area contributed by atoms with E-state index < -0.39 is 0 Å². The van der Waals surface area contributed by atoms with Gasteiger partial charge in [-0.25, -0.2) is 0 Å². The average molecular weight is 253 g/mol. The van der Waals surface area contributed by atoms with Crippen molar-refractivity contribution in [2.45, 2.75) is 12.8 Å². The monoisotopic (exact) mass is 253 g/mol. The van der Waals surface area contributed by atoms with Crippen LogP contribution in [0, 0.1) is 44.7 Å². The van der Waals surface area contributed by atoms with Crippen LogP contribution in [-0.4, -0.2) is 5.75 Å². The van der Waals surface area contributed by atoms with Crippen molar-refractivity contribution in [2.75, 3.05) is 5.75 Å². The molecule has 0 aliphatic heterocycles. The van der Waals surface area contributed by atoms with E-state index in [2.05, 4.69) is 19.6 Å². The van der Waals surface area contributed by atoms with Crippen LogP contribution < -0.4 is 0 Å². The topological polar surface area (TPSA) is 0 Å². The molecule has 0 aromatic rings. The fourth-order valence-corrected chi connectivity index (χ4v) is 0.306. The van der Waals surface area contributed by atoms with Crippen LogP contribution in [0.2, 0.25) is 0 Å². The SMILES string of the molecule is [CH2-]CCC[S-].[Ho]. The van der Waals surface area contributed by atoms with Crippen LogP contribution in [-0.2, 0) is 12.6 Å². The molecule has 0 bridgehead atoms. The van der Waals surface area contributed by atoms with E-state index in [-0.39, 0.29) is 37.7 Å². The van der Waals surface area contributed by atoms with E-state index in [1.165, 1.54) is 0 Å². The molecule has 0 aromatic carbocycles. The van der Waals surface area contributed by atoms with Gasteiger partial charge in [0.1, 0.15) is 0 Å². The third-order valence-corrected chi connectivity index (χ3v) is 0.683. The number of rotatable bonds is 2. The van der Waals surface area contributed by atoms with Crippen LogP contribution in [0.4, 0.5) is 0 Å². The van der Waals surface area contributed by atoms with E-state index in [1.54, 1.807) is 0 Å². The van der Waals surface area contributed by atoms with E-state index >= 15 is 0 Å². The van der Waals surface area contributed by atoms with Crippen LogP contribution in [0.5, 0.6) is 0 Å². The van der Waals surface area contributed by atoms with Gasteiger partial charge in [0, 0.05) is 37.7 Å². The second-order valence-corrected chi connectivity index (χ2v) is 1.32. The minimum Gasteiger partial charge on any atom is -0.793 e. The maximum atomic E-state index is 4.61. The summed E-state index contributed by atoms with van der Waals surface area (Å²) in [5.41, 5.74) is 0. The summed E-state index contributed by atoms with van der Waals surface area (Å²) in [5, 5.41) is 0. The van der Waals surface area contributed by atoms with Gasteiger partial charge in [-0.05, 0) is 0 Å². The third kappa shape index (κ3) is 9.15. The summed E-state index contributed by atoms with van der Waals surface area (Å²) in [4.78, 5) is 0. The van der Waals surface area contributed by atoms with Gasteiger partial charge in [-0.1, -0.05) is 0 Å². The predicted molar refractivity (Wildman–Crippen MR) is 26.8 cm³/mol. The van der Waals surface area contributed by atoms with Gasteiger partial charge in [0.2, 0.25) is 0 Å². The molecule has 0 spiro atoms. The molecule has 43 valence electrons. The predicted octanol–water partition coefficient (Wildman–Crippen LogP) is 1.15. The molecule has 1 radical (unpaired) electrons. The van der Waals surface area contributed by atoms with E-state index in [1.807, 2.05) is 0 Å². The van der Waals surface area contributed by atoms with Gasteiger partial charge in [-0.3, -0.25) is 0 Å². The van der Waals surface area contributed by atoms with Gasteiger partial charge >= 0.3 is 0 Å². The summed E-state index contributed by atoms with van der Waals surface area (Å²) in [6.07, 6.45) is 2.08. The molecule has 0 rings (SSSR count). The maximum absolute atomic E-state index is 4.61. The molecule has 0 atom stereocenters. The van der Waals surface area contributed by atoms with Crippen molar-refractivity contribution in [1.29, 1.82) is 0 Å². The van der Waals surface area contributed by atoms with Crippen molar-refractivity contribution < 1.29 is 37.7 Å². The maximum Gasteiger partial charge on any atom is 0 e. The molecule has 0 aliphatic rings. The first kappa shape index (κ1) is 10.6. The molecule has 0 fully saturated rings. The molecule has 0 saturated carbocycles.